The Morgan fingerprint density at radius 3 is 2.45 bits per heavy atom. The van der Waals surface area contributed by atoms with Crippen molar-refractivity contribution in [3.8, 4) is 5.75 Å². The number of rotatable bonds is 7. The molecule has 0 aromatic heterocycles. The maximum atomic E-state index is 12.3. The van der Waals surface area contributed by atoms with Gasteiger partial charge in [-0.1, -0.05) is 36.4 Å². The number of hydrogen-bond acceptors (Lipinski definition) is 4. The molecule has 29 heavy (non-hydrogen) atoms. The van der Waals surface area contributed by atoms with Crippen LogP contribution in [-0.2, 0) is 9.53 Å². The van der Waals surface area contributed by atoms with Crippen molar-refractivity contribution in [1.82, 2.24) is 5.43 Å². The highest BCUT2D eigenvalue weighted by atomic mass is 16.5. The summed E-state index contributed by atoms with van der Waals surface area (Å²) in [6.45, 7) is 9.21. The van der Waals surface area contributed by atoms with Crippen LogP contribution in [0, 0.1) is 13.8 Å². The van der Waals surface area contributed by atoms with Crippen LogP contribution < -0.4 is 15.1 Å². The lowest BCUT2D eigenvalue weighted by Crippen LogP contribution is -3.15. The van der Waals surface area contributed by atoms with Crippen LogP contribution in [0.1, 0.15) is 29.7 Å². The zero-order valence-electron chi connectivity index (χ0n) is 17.4. The van der Waals surface area contributed by atoms with Gasteiger partial charge in [-0.3, -0.25) is 4.79 Å². The average molecular weight is 397 g/mol. The summed E-state index contributed by atoms with van der Waals surface area (Å²) in [5, 5.41) is 4.40. The van der Waals surface area contributed by atoms with E-state index in [-0.39, 0.29) is 18.6 Å². The van der Waals surface area contributed by atoms with Gasteiger partial charge >= 0.3 is 0 Å². The summed E-state index contributed by atoms with van der Waals surface area (Å²) in [5.74, 6) is 0.422. The van der Waals surface area contributed by atoms with Crippen molar-refractivity contribution in [2.45, 2.75) is 26.8 Å². The number of carbonyl (C=O) groups is 1. The molecule has 0 radical (unpaired) electrons. The van der Waals surface area contributed by atoms with E-state index in [2.05, 4.69) is 28.7 Å². The van der Waals surface area contributed by atoms with Crippen molar-refractivity contribution in [2.75, 3.05) is 32.9 Å². The largest absolute Gasteiger partial charge is 0.484 e. The van der Waals surface area contributed by atoms with Crippen LogP contribution in [0.2, 0.25) is 0 Å². The Morgan fingerprint density at radius 2 is 1.79 bits per heavy atom. The minimum absolute atomic E-state index is 0.0694. The van der Waals surface area contributed by atoms with Gasteiger partial charge in [-0.2, -0.15) is 5.10 Å². The fraction of sp³-hybridized carbons (Fsp3) is 0.391. The van der Waals surface area contributed by atoms with Gasteiger partial charge in [0.15, 0.2) is 12.6 Å². The molecule has 0 unspecified atom stereocenters. The molecule has 6 nitrogen and oxygen atoms in total. The fourth-order valence-corrected chi connectivity index (χ4v) is 3.75. The lowest BCUT2D eigenvalue weighted by Gasteiger charge is -2.31. The second-order valence-corrected chi connectivity index (χ2v) is 7.51. The molecule has 6 heteroatoms. The van der Waals surface area contributed by atoms with Gasteiger partial charge in [0.2, 0.25) is 0 Å². The quantitative estimate of drug-likeness (QED) is 0.554. The maximum Gasteiger partial charge on any atom is 0.277 e. The molecule has 0 saturated carbocycles. The molecule has 1 aliphatic heterocycles. The molecule has 2 N–H and O–H groups in total. The molecule has 1 amide bonds. The van der Waals surface area contributed by atoms with Gasteiger partial charge in [-0.15, -0.1) is 0 Å². The van der Waals surface area contributed by atoms with Crippen LogP contribution in [0.5, 0.6) is 5.75 Å². The second kappa shape index (κ2) is 10.2. The average Bonchev–Trinajstić information content (AvgIpc) is 2.72. The number of benzene rings is 2. The number of aryl methyl sites for hydroxylation is 2. The Balaban J connectivity index is 1.64. The molecule has 1 fully saturated rings. The number of hydrazone groups is 1. The molecule has 154 valence electrons. The number of morpholine rings is 1. The third-order valence-electron chi connectivity index (χ3n) is 5.02. The lowest BCUT2D eigenvalue weighted by atomic mass is 10.0. The van der Waals surface area contributed by atoms with Crippen LogP contribution in [0.25, 0.3) is 0 Å². The molecule has 1 aliphatic rings. The SMILES string of the molecule is C/C(=N/NC(=O)COc1cc(C)cc(C)c1)[C@H](c1ccccc1)[NH+]1CCOCC1. The van der Waals surface area contributed by atoms with E-state index >= 15 is 0 Å². The summed E-state index contributed by atoms with van der Waals surface area (Å²) >= 11 is 0. The number of nitrogens with one attached hydrogen (secondary N) is 2. The standard InChI is InChI=1S/C23H29N3O3/c1-17-13-18(2)15-21(14-17)29-16-22(27)25-24-19(3)23(20-7-5-4-6-8-20)26-9-11-28-12-10-26/h4-8,13-15,23H,9-12,16H2,1-3H3,(H,25,27)/p+1/b24-19-/t23-/m1/s1. The van der Waals surface area contributed by atoms with Crippen LogP contribution in [0.3, 0.4) is 0 Å². The first-order valence-electron chi connectivity index (χ1n) is 10.0. The number of carbonyl (C=O) groups excluding carboxylic acids is 1. The molecular weight excluding hydrogens is 366 g/mol. The zero-order chi connectivity index (χ0) is 20.6. The Bertz CT molecular complexity index is 825. The molecule has 2 aromatic rings. The van der Waals surface area contributed by atoms with Gasteiger partial charge in [0, 0.05) is 5.56 Å². The van der Waals surface area contributed by atoms with Gasteiger partial charge in [0.25, 0.3) is 5.91 Å². The second-order valence-electron chi connectivity index (χ2n) is 7.51. The molecule has 1 saturated heterocycles. The van der Waals surface area contributed by atoms with Gasteiger partial charge in [0.1, 0.15) is 18.8 Å². The summed E-state index contributed by atoms with van der Waals surface area (Å²) in [5.41, 5.74) is 6.92. The Morgan fingerprint density at radius 1 is 1.14 bits per heavy atom. The summed E-state index contributed by atoms with van der Waals surface area (Å²) in [7, 11) is 0. The van der Waals surface area contributed by atoms with Crippen LogP contribution in [-0.4, -0.2) is 44.5 Å². The molecule has 3 rings (SSSR count). The van der Waals surface area contributed by atoms with Crippen molar-refractivity contribution in [3.05, 3.63) is 65.2 Å². The predicted octanol–water partition coefficient (Wildman–Crippen LogP) is 1.83. The van der Waals surface area contributed by atoms with Crippen molar-refractivity contribution >= 4 is 11.6 Å². The van der Waals surface area contributed by atoms with E-state index in [0.29, 0.717) is 5.75 Å². The van der Waals surface area contributed by atoms with Gasteiger partial charge in [-0.05, 0) is 44.0 Å². The monoisotopic (exact) mass is 396 g/mol. The normalized spacial score (nSPS) is 16.3. The van der Waals surface area contributed by atoms with Crippen molar-refractivity contribution in [3.63, 3.8) is 0 Å². The Labute approximate surface area is 172 Å². The Hall–Kier alpha value is -2.70. The van der Waals surface area contributed by atoms with E-state index in [0.717, 1.165) is 43.1 Å². The van der Waals surface area contributed by atoms with E-state index in [4.69, 9.17) is 9.47 Å². The molecule has 0 bridgehead atoms. The first kappa shape index (κ1) is 21.0. The fourth-order valence-electron chi connectivity index (χ4n) is 3.75. The number of ether oxygens (including phenoxy) is 2. The van der Waals surface area contributed by atoms with E-state index < -0.39 is 0 Å². The predicted molar refractivity (Wildman–Crippen MR) is 113 cm³/mol. The maximum absolute atomic E-state index is 12.3. The zero-order valence-corrected chi connectivity index (χ0v) is 17.4. The third-order valence-corrected chi connectivity index (χ3v) is 5.02. The molecule has 0 aliphatic carbocycles. The lowest BCUT2D eigenvalue weighted by molar-refractivity contribution is -0.928. The number of quaternary nitrogens is 1. The van der Waals surface area contributed by atoms with Gasteiger partial charge < -0.3 is 14.4 Å². The van der Waals surface area contributed by atoms with E-state index in [1.54, 1.807) is 0 Å². The van der Waals surface area contributed by atoms with Gasteiger partial charge in [0.05, 0.1) is 18.9 Å². The molecule has 1 atom stereocenters. The van der Waals surface area contributed by atoms with Crippen LogP contribution >= 0.6 is 0 Å². The van der Waals surface area contributed by atoms with Crippen LogP contribution in [0.4, 0.5) is 0 Å². The molecule has 1 heterocycles. The summed E-state index contributed by atoms with van der Waals surface area (Å²) < 4.78 is 11.1. The number of amides is 1. The highest BCUT2D eigenvalue weighted by molar-refractivity contribution is 5.88. The van der Waals surface area contributed by atoms with Crippen molar-refractivity contribution < 1.29 is 19.2 Å². The highest BCUT2D eigenvalue weighted by Gasteiger charge is 2.29. The topological polar surface area (TPSA) is 64.4 Å². The number of hydrogen-bond donors (Lipinski definition) is 2. The first-order chi connectivity index (χ1) is 14.0. The number of nitrogens with zero attached hydrogens (tertiary/aromatic N) is 1. The van der Waals surface area contributed by atoms with Crippen LogP contribution in [0.15, 0.2) is 53.6 Å². The van der Waals surface area contributed by atoms with Crippen molar-refractivity contribution in [2.24, 2.45) is 5.10 Å². The highest BCUT2D eigenvalue weighted by Crippen LogP contribution is 2.16. The summed E-state index contributed by atoms with van der Waals surface area (Å²) in [6, 6.07) is 16.3. The smallest absolute Gasteiger partial charge is 0.277 e. The van der Waals surface area contributed by atoms with E-state index in [9.17, 15) is 4.79 Å². The third kappa shape index (κ3) is 6.14. The molecule has 2 aromatic carbocycles. The van der Waals surface area contributed by atoms with Gasteiger partial charge in [-0.25, -0.2) is 5.43 Å². The Kier molecular flexibility index (Phi) is 7.38. The molecular formula is C23H30N3O3+. The molecule has 0 spiro atoms. The minimum atomic E-state index is -0.271. The van der Waals surface area contributed by atoms with E-state index in [1.165, 1.54) is 10.5 Å². The summed E-state index contributed by atoms with van der Waals surface area (Å²) in [4.78, 5) is 13.6. The van der Waals surface area contributed by atoms with Crippen molar-refractivity contribution in [1.29, 1.82) is 0 Å². The first-order valence-corrected chi connectivity index (χ1v) is 10.0. The van der Waals surface area contributed by atoms with E-state index in [1.807, 2.05) is 51.1 Å². The minimum Gasteiger partial charge on any atom is -0.484 e. The summed E-state index contributed by atoms with van der Waals surface area (Å²) in [6.07, 6.45) is 0.